The lowest BCUT2D eigenvalue weighted by Gasteiger charge is -2.11. The molecule has 0 aliphatic carbocycles. The highest BCUT2D eigenvalue weighted by molar-refractivity contribution is 7.25. The van der Waals surface area contributed by atoms with Crippen molar-refractivity contribution in [3.63, 3.8) is 0 Å². The summed E-state index contributed by atoms with van der Waals surface area (Å²) in [5.74, 6) is 0.739. The number of hydrogen-bond acceptors (Lipinski definition) is 3. The number of fused-ring (bicyclic) bond motifs is 6. The molecule has 0 radical (unpaired) electrons. The first kappa shape index (κ1) is 25.0. The molecular formula is C40H25N3S. The van der Waals surface area contributed by atoms with Crippen LogP contribution in [0.15, 0.2) is 152 Å². The molecule has 0 saturated heterocycles. The van der Waals surface area contributed by atoms with Crippen LogP contribution >= 0.6 is 11.3 Å². The molecule has 6 aromatic carbocycles. The Morgan fingerprint density at radius 2 is 1.05 bits per heavy atom. The maximum absolute atomic E-state index is 5.22. The predicted octanol–water partition coefficient (Wildman–Crippen LogP) is 10.9. The van der Waals surface area contributed by atoms with Crippen LogP contribution in [0.5, 0.6) is 0 Å². The number of hydrogen-bond donors (Lipinski definition) is 0. The number of rotatable bonds is 4. The lowest BCUT2D eigenvalue weighted by molar-refractivity contribution is 1.18. The second-order valence-electron chi connectivity index (χ2n) is 11.0. The van der Waals surface area contributed by atoms with E-state index < -0.39 is 0 Å². The van der Waals surface area contributed by atoms with Gasteiger partial charge in [0, 0.05) is 43.1 Å². The van der Waals surface area contributed by atoms with E-state index in [1.54, 1.807) is 11.3 Å². The van der Waals surface area contributed by atoms with E-state index in [1.165, 1.54) is 31.9 Å². The third-order valence-electron chi connectivity index (χ3n) is 8.42. The Morgan fingerprint density at radius 3 is 1.82 bits per heavy atom. The fourth-order valence-corrected chi connectivity index (χ4v) is 7.50. The Morgan fingerprint density at radius 1 is 0.455 bits per heavy atom. The number of aromatic nitrogens is 3. The second kappa shape index (κ2) is 10.0. The third kappa shape index (κ3) is 3.96. The Kier molecular flexibility index (Phi) is 5.68. The maximum atomic E-state index is 5.22. The molecule has 0 unspecified atom stereocenters. The summed E-state index contributed by atoms with van der Waals surface area (Å²) >= 11 is 1.73. The van der Waals surface area contributed by atoms with Crippen molar-refractivity contribution < 1.29 is 0 Å². The molecule has 0 spiro atoms. The monoisotopic (exact) mass is 579 g/mol. The van der Waals surface area contributed by atoms with Gasteiger partial charge in [-0.15, -0.1) is 11.3 Å². The van der Waals surface area contributed by atoms with Gasteiger partial charge < -0.3 is 4.57 Å². The zero-order valence-corrected chi connectivity index (χ0v) is 24.5. The molecule has 0 aliphatic heterocycles. The molecule has 9 aromatic rings. The zero-order valence-electron chi connectivity index (χ0n) is 23.7. The van der Waals surface area contributed by atoms with Gasteiger partial charge in [0.25, 0.3) is 0 Å². The van der Waals surface area contributed by atoms with Gasteiger partial charge in [-0.1, -0.05) is 115 Å². The highest BCUT2D eigenvalue weighted by atomic mass is 32.1. The Labute approximate surface area is 258 Å². The third-order valence-corrected chi connectivity index (χ3v) is 9.49. The Balaban J connectivity index is 1.20. The minimum Gasteiger partial charge on any atom is -0.309 e. The summed E-state index contributed by atoms with van der Waals surface area (Å²) in [5, 5.41) is 4.85. The van der Waals surface area contributed by atoms with E-state index in [9.17, 15) is 0 Å². The zero-order chi connectivity index (χ0) is 29.0. The van der Waals surface area contributed by atoms with E-state index in [0.717, 1.165) is 49.7 Å². The van der Waals surface area contributed by atoms with Gasteiger partial charge in [-0.3, -0.25) is 0 Å². The molecule has 0 N–H and O–H groups in total. The largest absolute Gasteiger partial charge is 0.309 e. The van der Waals surface area contributed by atoms with Crippen molar-refractivity contribution in [1.82, 2.24) is 14.5 Å². The molecule has 0 fully saturated rings. The normalized spacial score (nSPS) is 11.6. The molecule has 0 bridgehead atoms. The van der Waals surface area contributed by atoms with Crippen LogP contribution in [0.3, 0.4) is 0 Å². The van der Waals surface area contributed by atoms with Crippen LogP contribution in [0.4, 0.5) is 0 Å². The van der Waals surface area contributed by atoms with Crippen LogP contribution in [-0.4, -0.2) is 14.5 Å². The first-order chi connectivity index (χ1) is 21.8. The average Bonchev–Trinajstić information content (AvgIpc) is 3.64. The van der Waals surface area contributed by atoms with Crippen LogP contribution < -0.4 is 0 Å². The Bertz CT molecular complexity index is 2450. The first-order valence-corrected chi connectivity index (χ1v) is 15.6. The minimum absolute atomic E-state index is 0.739. The number of benzene rings is 6. The van der Waals surface area contributed by atoms with Crippen molar-refractivity contribution in [3.05, 3.63) is 152 Å². The molecule has 4 heteroatoms. The summed E-state index contributed by atoms with van der Waals surface area (Å²) in [6.07, 6.45) is 0. The summed E-state index contributed by atoms with van der Waals surface area (Å²) in [7, 11) is 0. The second-order valence-corrected chi connectivity index (χ2v) is 12.1. The topological polar surface area (TPSA) is 30.7 Å². The fourth-order valence-electron chi connectivity index (χ4n) is 6.42. The summed E-state index contributed by atoms with van der Waals surface area (Å²) in [6, 6.07) is 53.7. The van der Waals surface area contributed by atoms with Crippen molar-refractivity contribution >= 4 is 53.4 Å². The summed E-state index contributed by atoms with van der Waals surface area (Å²) < 4.78 is 3.59. The van der Waals surface area contributed by atoms with Crippen LogP contribution in [-0.2, 0) is 0 Å². The molecule has 0 saturated carbocycles. The standard InChI is InChI=1S/C40H25N3S/c1-2-12-26(13-3-1)38-37-33-20-6-9-23-36(33)44-40(37)42-39(41-38)29-16-10-14-27(24-29)28-15-11-17-30(25-28)43-34-21-7-4-18-31(34)32-19-5-8-22-35(32)43/h1-25H. The van der Waals surface area contributed by atoms with E-state index in [2.05, 4.69) is 150 Å². The molecule has 3 aromatic heterocycles. The van der Waals surface area contributed by atoms with Gasteiger partial charge in [-0.2, -0.15) is 0 Å². The van der Waals surface area contributed by atoms with Gasteiger partial charge in [0.2, 0.25) is 0 Å². The predicted molar refractivity (Wildman–Crippen MR) is 186 cm³/mol. The van der Waals surface area contributed by atoms with E-state index in [4.69, 9.17) is 9.97 Å². The van der Waals surface area contributed by atoms with Crippen LogP contribution in [0.1, 0.15) is 0 Å². The average molecular weight is 580 g/mol. The highest BCUT2D eigenvalue weighted by Crippen LogP contribution is 2.40. The summed E-state index contributed by atoms with van der Waals surface area (Å²) in [6.45, 7) is 0. The lowest BCUT2D eigenvalue weighted by Crippen LogP contribution is -1.95. The molecule has 9 rings (SSSR count). The van der Waals surface area contributed by atoms with Gasteiger partial charge in [0.05, 0.1) is 16.7 Å². The number of nitrogens with zero attached hydrogens (tertiary/aromatic N) is 3. The van der Waals surface area contributed by atoms with Crippen LogP contribution in [0, 0.1) is 0 Å². The van der Waals surface area contributed by atoms with E-state index in [0.29, 0.717) is 0 Å². The highest BCUT2D eigenvalue weighted by Gasteiger charge is 2.17. The molecular weight excluding hydrogens is 555 g/mol. The fraction of sp³-hybridized carbons (Fsp3) is 0. The molecule has 206 valence electrons. The number of para-hydroxylation sites is 2. The van der Waals surface area contributed by atoms with Gasteiger partial charge in [0.1, 0.15) is 4.83 Å². The number of thiophene rings is 1. The van der Waals surface area contributed by atoms with Gasteiger partial charge in [-0.05, 0) is 47.5 Å². The van der Waals surface area contributed by atoms with Crippen LogP contribution in [0.2, 0.25) is 0 Å². The Hall–Kier alpha value is -5.58. The van der Waals surface area contributed by atoms with Crippen LogP contribution in [0.25, 0.3) is 81.6 Å². The maximum Gasteiger partial charge on any atom is 0.161 e. The molecule has 44 heavy (non-hydrogen) atoms. The quantitative estimate of drug-likeness (QED) is 0.208. The molecule has 0 aliphatic rings. The summed E-state index contributed by atoms with van der Waals surface area (Å²) in [4.78, 5) is 11.4. The minimum atomic E-state index is 0.739. The van der Waals surface area contributed by atoms with Gasteiger partial charge >= 0.3 is 0 Å². The van der Waals surface area contributed by atoms with E-state index >= 15 is 0 Å². The van der Waals surface area contributed by atoms with Crippen molar-refractivity contribution in [2.24, 2.45) is 0 Å². The van der Waals surface area contributed by atoms with Crippen molar-refractivity contribution in [2.75, 3.05) is 0 Å². The molecule has 3 heterocycles. The molecule has 0 atom stereocenters. The van der Waals surface area contributed by atoms with Crippen molar-refractivity contribution in [3.8, 4) is 39.5 Å². The van der Waals surface area contributed by atoms with Gasteiger partial charge in [-0.25, -0.2) is 9.97 Å². The van der Waals surface area contributed by atoms with Crippen molar-refractivity contribution in [1.29, 1.82) is 0 Å². The first-order valence-electron chi connectivity index (χ1n) is 14.8. The summed E-state index contributed by atoms with van der Waals surface area (Å²) in [5.41, 5.74) is 8.91. The molecule has 3 nitrogen and oxygen atoms in total. The van der Waals surface area contributed by atoms with E-state index in [-0.39, 0.29) is 0 Å². The smallest absolute Gasteiger partial charge is 0.161 e. The SMILES string of the molecule is c1ccc(-c2nc(-c3cccc(-c4cccc(-n5c6ccccc6c6ccccc65)c4)c3)nc3sc4ccccc4c23)cc1. The van der Waals surface area contributed by atoms with Gasteiger partial charge in [0.15, 0.2) is 5.82 Å². The van der Waals surface area contributed by atoms with E-state index in [1.807, 2.05) is 6.07 Å². The molecule has 0 amide bonds. The lowest BCUT2D eigenvalue weighted by atomic mass is 10.0. The van der Waals surface area contributed by atoms with Crippen molar-refractivity contribution in [2.45, 2.75) is 0 Å².